The van der Waals surface area contributed by atoms with Crippen LogP contribution < -0.4 is 4.74 Å². The summed E-state index contributed by atoms with van der Waals surface area (Å²) < 4.78 is 11.0. The predicted molar refractivity (Wildman–Crippen MR) is 72.8 cm³/mol. The third-order valence-electron chi connectivity index (χ3n) is 2.59. The molecule has 0 bridgehead atoms. The number of hydrogen-bond acceptors (Lipinski definition) is 3. The molecule has 0 N–H and O–H groups in total. The lowest BCUT2D eigenvalue weighted by Crippen LogP contribution is -2.06. The van der Waals surface area contributed by atoms with Gasteiger partial charge in [0.15, 0.2) is 0 Å². The molecule has 0 aliphatic rings. The van der Waals surface area contributed by atoms with Gasteiger partial charge in [0.25, 0.3) is 0 Å². The van der Waals surface area contributed by atoms with E-state index in [0.29, 0.717) is 25.4 Å². The minimum Gasteiger partial charge on any atom is -0.491 e. The van der Waals surface area contributed by atoms with Crippen LogP contribution in [0.2, 0.25) is 0 Å². The summed E-state index contributed by atoms with van der Waals surface area (Å²) in [5.74, 6) is 0.752. The Hall–Kier alpha value is -2.31. The molecule has 3 nitrogen and oxygen atoms in total. The Bertz CT molecular complexity index is 529. The van der Waals surface area contributed by atoms with Crippen molar-refractivity contribution < 1.29 is 9.47 Å². The second kappa shape index (κ2) is 7.20. The van der Waals surface area contributed by atoms with Crippen molar-refractivity contribution >= 4 is 0 Å². The molecule has 0 unspecified atom stereocenters. The highest BCUT2D eigenvalue weighted by Gasteiger charge is 1.95. The first-order valence-electron chi connectivity index (χ1n) is 6.13. The molecule has 0 aromatic heterocycles. The van der Waals surface area contributed by atoms with Crippen molar-refractivity contribution in [2.75, 3.05) is 13.2 Å². The van der Waals surface area contributed by atoms with Gasteiger partial charge in [-0.05, 0) is 29.8 Å². The fraction of sp³-hybridized carbons (Fsp3) is 0.188. The number of nitrogens with zero attached hydrogens (tertiary/aromatic N) is 1. The molecule has 0 saturated heterocycles. The lowest BCUT2D eigenvalue weighted by molar-refractivity contribution is 0.0889. The van der Waals surface area contributed by atoms with E-state index in [4.69, 9.17) is 14.7 Å². The second-order valence-corrected chi connectivity index (χ2v) is 4.02. The standard InChI is InChI=1S/C16H15NO2/c17-12-14-6-8-16(9-7-14)19-11-10-18-13-15-4-2-1-3-5-15/h1-9H,10-11,13H2. The van der Waals surface area contributed by atoms with Crippen molar-refractivity contribution in [3.63, 3.8) is 0 Å². The van der Waals surface area contributed by atoms with E-state index in [1.165, 1.54) is 0 Å². The van der Waals surface area contributed by atoms with Crippen LogP contribution in [0.1, 0.15) is 11.1 Å². The van der Waals surface area contributed by atoms with Crippen LogP contribution >= 0.6 is 0 Å². The first-order chi connectivity index (χ1) is 9.38. The summed E-state index contributed by atoms with van der Waals surface area (Å²) >= 11 is 0. The summed E-state index contributed by atoms with van der Waals surface area (Å²) in [7, 11) is 0. The molecule has 0 saturated carbocycles. The summed E-state index contributed by atoms with van der Waals surface area (Å²) in [6.45, 7) is 1.63. The molecule has 0 atom stereocenters. The van der Waals surface area contributed by atoms with Gasteiger partial charge in [-0.2, -0.15) is 5.26 Å². The fourth-order valence-corrected chi connectivity index (χ4v) is 1.61. The maximum atomic E-state index is 8.67. The summed E-state index contributed by atoms with van der Waals surface area (Å²) in [5.41, 5.74) is 1.79. The van der Waals surface area contributed by atoms with Crippen LogP contribution in [-0.2, 0) is 11.3 Å². The second-order valence-electron chi connectivity index (χ2n) is 4.02. The Kier molecular flexibility index (Phi) is 4.97. The first kappa shape index (κ1) is 13.1. The lowest BCUT2D eigenvalue weighted by atomic mass is 10.2. The number of rotatable bonds is 6. The predicted octanol–water partition coefficient (Wildman–Crippen LogP) is 3.15. The van der Waals surface area contributed by atoms with E-state index in [9.17, 15) is 0 Å². The molecule has 3 heteroatoms. The van der Waals surface area contributed by atoms with Crippen molar-refractivity contribution in [2.24, 2.45) is 0 Å². The van der Waals surface area contributed by atoms with Gasteiger partial charge >= 0.3 is 0 Å². The number of nitriles is 1. The molecule has 2 aromatic carbocycles. The summed E-state index contributed by atoms with van der Waals surface area (Å²) in [5, 5.41) is 8.67. The Morgan fingerprint density at radius 1 is 0.895 bits per heavy atom. The normalized spacial score (nSPS) is 9.84. The molecule has 0 heterocycles. The molecule has 0 spiro atoms. The van der Waals surface area contributed by atoms with E-state index in [0.717, 1.165) is 11.3 Å². The summed E-state index contributed by atoms with van der Waals surface area (Å²) in [6, 6.07) is 19.1. The van der Waals surface area contributed by atoms with Crippen LogP contribution in [0.15, 0.2) is 54.6 Å². The third kappa shape index (κ3) is 4.46. The maximum absolute atomic E-state index is 8.67. The van der Waals surface area contributed by atoms with E-state index in [-0.39, 0.29) is 0 Å². The minimum absolute atomic E-state index is 0.499. The van der Waals surface area contributed by atoms with Gasteiger partial charge in [0.2, 0.25) is 0 Å². The van der Waals surface area contributed by atoms with Gasteiger partial charge in [0, 0.05) is 0 Å². The van der Waals surface area contributed by atoms with Crippen LogP contribution in [0.5, 0.6) is 5.75 Å². The SMILES string of the molecule is N#Cc1ccc(OCCOCc2ccccc2)cc1. The van der Waals surface area contributed by atoms with E-state index in [2.05, 4.69) is 6.07 Å². The largest absolute Gasteiger partial charge is 0.491 e. The highest BCUT2D eigenvalue weighted by Crippen LogP contribution is 2.11. The number of ether oxygens (including phenoxy) is 2. The lowest BCUT2D eigenvalue weighted by Gasteiger charge is -2.07. The zero-order valence-corrected chi connectivity index (χ0v) is 10.6. The smallest absolute Gasteiger partial charge is 0.119 e. The Labute approximate surface area is 113 Å². The average Bonchev–Trinajstić information content (AvgIpc) is 2.49. The van der Waals surface area contributed by atoms with Gasteiger partial charge in [-0.15, -0.1) is 0 Å². The molecule has 0 amide bonds. The van der Waals surface area contributed by atoms with Crippen LogP contribution in [0.3, 0.4) is 0 Å². The van der Waals surface area contributed by atoms with E-state index in [1.807, 2.05) is 30.3 Å². The summed E-state index contributed by atoms with van der Waals surface area (Å²) in [4.78, 5) is 0. The van der Waals surface area contributed by atoms with E-state index >= 15 is 0 Å². The van der Waals surface area contributed by atoms with Gasteiger partial charge in [-0.3, -0.25) is 0 Å². The van der Waals surface area contributed by atoms with Crippen molar-refractivity contribution in [2.45, 2.75) is 6.61 Å². The number of hydrogen-bond donors (Lipinski definition) is 0. The molecule has 0 aliphatic heterocycles. The highest BCUT2D eigenvalue weighted by molar-refractivity contribution is 5.34. The Balaban J connectivity index is 1.65. The van der Waals surface area contributed by atoms with Gasteiger partial charge in [0.1, 0.15) is 12.4 Å². The minimum atomic E-state index is 0.499. The molecular formula is C16H15NO2. The first-order valence-corrected chi connectivity index (χ1v) is 6.13. The summed E-state index contributed by atoms with van der Waals surface area (Å²) in [6.07, 6.45) is 0. The quantitative estimate of drug-likeness (QED) is 0.743. The molecule has 0 aliphatic carbocycles. The molecule has 2 aromatic rings. The number of benzene rings is 2. The molecule has 2 rings (SSSR count). The molecule has 96 valence electrons. The molecule has 0 fully saturated rings. The topological polar surface area (TPSA) is 42.2 Å². The van der Waals surface area contributed by atoms with Crippen LogP contribution in [0, 0.1) is 11.3 Å². The van der Waals surface area contributed by atoms with Crippen molar-refractivity contribution in [3.8, 4) is 11.8 Å². The van der Waals surface area contributed by atoms with Gasteiger partial charge < -0.3 is 9.47 Å². The average molecular weight is 253 g/mol. The third-order valence-corrected chi connectivity index (χ3v) is 2.59. The van der Waals surface area contributed by atoms with Gasteiger partial charge in [0.05, 0.1) is 24.8 Å². The maximum Gasteiger partial charge on any atom is 0.119 e. The van der Waals surface area contributed by atoms with Crippen LogP contribution in [0.4, 0.5) is 0 Å². The monoisotopic (exact) mass is 253 g/mol. The van der Waals surface area contributed by atoms with E-state index < -0.39 is 0 Å². The van der Waals surface area contributed by atoms with Crippen molar-refractivity contribution in [1.29, 1.82) is 5.26 Å². The fourth-order valence-electron chi connectivity index (χ4n) is 1.61. The van der Waals surface area contributed by atoms with Crippen LogP contribution in [-0.4, -0.2) is 13.2 Å². The Morgan fingerprint density at radius 2 is 1.63 bits per heavy atom. The highest BCUT2D eigenvalue weighted by atomic mass is 16.5. The van der Waals surface area contributed by atoms with Crippen molar-refractivity contribution in [1.82, 2.24) is 0 Å². The zero-order chi connectivity index (χ0) is 13.3. The van der Waals surface area contributed by atoms with Crippen molar-refractivity contribution in [3.05, 3.63) is 65.7 Å². The zero-order valence-electron chi connectivity index (χ0n) is 10.6. The molecule has 19 heavy (non-hydrogen) atoms. The Morgan fingerprint density at radius 3 is 2.32 bits per heavy atom. The van der Waals surface area contributed by atoms with Gasteiger partial charge in [-0.25, -0.2) is 0 Å². The molecule has 0 radical (unpaired) electrons. The van der Waals surface area contributed by atoms with E-state index in [1.54, 1.807) is 24.3 Å². The molecular weight excluding hydrogens is 238 g/mol. The van der Waals surface area contributed by atoms with Gasteiger partial charge in [-0.1, -0.05) is 30.3 Å². The van der Waals surface area contributed by atoms with Crippen LogP contribution in [0.25, 0.3) is 0 Å².